The van der Waals surface area contributed by atoms with E-state index >= 15 is 0 Å². The van der Waals surface area contributed by atoms with Crippen molar-refractivity contribution in [3.05, 3.63) is 77.6 Å². The molecule has 4 aromatic rings. The number of aryl methyl sites for hydroxylation is 1. The van der Waals surface area contributed by atoms with Crippen LogP contribution in [0.2, 0.25) is 5.02 Å². The quantitative estimate of drug-likeness (QED) is 0.382. The van der Waals surface area contributed by atoms with Crippen LogP contribution in [0, 0.1) is 0 Å². The van der Waals surface area contributed by atoms with Gasteiger partial charge >= 0.3 is 0 Å². The van der Waals surface area contributed by atoms with Crippen LogP contribution in [0.4, 0.5) is 0 Å². The van der Waals surface area contributed by atoms with Gasteiger partial charge in [-0.15, -0.1) is 0 Å². The van der Waals surface area contributed by atoms with Crippen molar-refractivity contribution in [2.75, 3.05) is 6.54 Å². The average Bonchev–Trinajstić information content (AvgIpc) is 3.07. The Morgan fingerprint density at radius 2 is 1.86 bits per heavy atom. The smallest absolute Gasteiger partial charge is 0.128 e. The van der Waals surface area contributed by atoms with E-state index in [1.54, 1.807) is 12.4 Å². The number of hydrogen-bond acceptors (Lipinski definition) is 3. The van der Waals surface area contributed by atoms with Crippen LogP contribution in [-0.4, -0.2) is 16.5 Å². The molecule has 0 amide bonds. The van der Waals surface area contributed by atoms with E-state index in [9.17, 15) is 0 Å². The Kier molecular flexibility index (Phi) is 5.60. The zero-order valence-corrected chi connectivity index (χ0v) is 16.2. The molecule has 0 radical (unpaired) electrons. The second-order valence-corrected chi connectivity index (χ2v) is 7.11. The summed E-state index contributed by atoms with van der Waals surface area (Å²) in [5.41, 5.74) is 10.00. The van der Waals surface area contributed by atoms with Crippen molar-refractivity contribution in [1.29, 1.82) is 0 Å². The largest absolute Gasteiger partial charge is 0.457 e. The molecule has 0 aliphatic rings. The molecular weight excluding hydrogens is 370 g/mol. The number of unbranched alkanes of at least 4 members (excludes halogenated alkanes) is 1. The Morgan fingerprint density at radius 3 is 2.64 bits per heavy atom. The molecule has 0 saturated heterocycles. The van der Waals surface area contributed by atoms with E-state index in [1.165, 1.54) is 5.56 Å². The number of aromatic nitrogens is 2. The summed E-state index contributed by atoms with van der Waals surface area (Å²) < 4.78 is 6.04. The van der Waals surface area contributed by atoms with Crippen LogP contribution >= 0.6 is 11.6 Å². The highest BCUT2D eigenvalue weighted by atomic mass is 35.5. The third-order valence-corrected chi connectivity index (χ3v) is 5.08. The third-order valence-electron chi connectivity index (χ3n) is 4.78. The van der Waals surface area contributed by atoms with Crippen molar-refractivity contribution in [1.82, 2.24) is 9.97 Å². The molecule has 2 heterocycles. The number of aromatic amines is 1. The maximum Gasteiger partial charge on any atom is 0.128 e. The summed E-state index contributed by atoms with van der Waals surface area (Å²) in [5.74, 6) is 1.63. The SMILES string of the molecule is NCCCCc1c(-c2ccncc2Cl)[nH]c2ccc(Oc3ccccc3)cc12. The second kappa shape index (κ2) is 8.46. The Hall–Kier alpha value is -2.82. The summed E-state index contributed by atoms with van der Waals surface area (Å²) in [4.78, 5) is 7.65. The first-order valence-corrected chi connectivity index (χ1v) is 9.81. The van der Waals surface area contributed by atoms with Gasteiger partial charge in [-0.25, -0.2) is 0 Å². The minimum absolute atomic E-state index is 0.634. The molecule has 3 N–H and O–H groups in total. The van der Waals surface area contributed by atoms with E-state index in [2.05, 4.69) is 22.1 Å². The standard InChI is InChI=1S/C23H22ClN3O/c24-21-15-26-13-11-19(21)23-18(8-4-5-12-25)20-14-17(9-10-22(20)27-23)28-16-6-2-1-3-7-16/h1-3,6-7,9-11,13-15,27H,4-5,8,12,25H2. The number of ether oxygens (including phenoxy) is 1. The first kappa shape index (κ1) is 18.5. The van der Waals surface area contributed by atoms with Gasteiger partial charge in [0.2, 0.25) is 0 Å². The molecule has 4 nitrogen and oxygen atoms in total. The zero-order valence-electron chi connectivity index (χ0n) is 15.5. The predicted molar refractivity (Wildman–Crippen MR) is 115 cm³/mol. The number of nitrogens with zero attached hydrogens (tertiary/aromatic N) is 1. The number of pyridine rings is 1. The molecule has 0 fully saturated rings. The van der Waals surface area contributed by atoms with E-state index < -0.39 is 0 Å². The normalized spacial score (nSPS) is 11.1. The van der Waals surface area contributed by atoms with Gasteiger partial charge in [0.15, 0.2) is 0 Å². The minimum atomic E-state index is 0.634. The fourth-order valence-electron chi connectivity index (χ4n) is 3.43. The molecule has 142 valence electrons. The van der Waals surface area contributed by atoms with Gasteiger partial charge in [-0.3, -0.25) is 4.98 Å². The molecule has 0 atom stereocenters. The highest BCUT2D eigenvalue weighted by Gasteiger charge is 2.16. The zero-order chi connectivity index (χ0) is 19.3. The molecule has 0 unspecified atom stereocenters. The van der Waals surface area contributed by atoms with Crippen LogP contribution in [0.25, 0.3) is 22.2 Å². The highest BCUT2D eigenvalue weighted by Crippen LogP contribution is 2.37. The summed E-state index contributed by atoms with van der Waals surface area (Å²) in [6, 6.07) is 17.9. The molecule has 0 spiro atoms. The van der Waals surface area contributed by atoms with Gasteiger partial charge in [0, 0.05) is 28.9 Å². The van der Waals surface area contributed by atoms with Crippen LogP contribution in [0.5, 0.6) is 11.5 Å². The molecule has 0 aliphatic heterocycles. The van der Waals surface area contributed by atoms with Gasteiger partial charge < -0.3 is 15.5 Å². The molecule has 28 heavy (non-hydrogen) atoms. The Morgan fingerprint density at radius 1 is 1.00 bits per heavy atom. The first-order valence-electron chi connectivity index (χ1n) is 9.43. The Balaban J connectivity index is 1.78. The fraction of sp³-hybridized carbons (Fsp3) is 0.174. The van der Waals surface area contributed by atoms with Gasteiger partial charge in [0.25, 0.3) is 0 Å². The fourth-order valence-corrected chi connectivity index (χ4v) is 3.64. The number of H-pyrrole nitrogens is 1. The lowest BCUT2D eigenvalue weighted by molar-refractivity contribution is 0.483. The van der Waals surface area contributed by atoms with E-state index in [0.29, 0.717) is 11.6 Å². The molecule has 2 aromatic carbocycles. The van der Waals surface area contributed by atoms with Crippen LogP contribution in [0.1, 0.15) is 18.4 Å². The number of para-hydroxylation sites is 1. The lowest BCUT2D eigenvalue weighted by Crippen LogP contribution is -1.99. The summed E-state index contributed by atoms with van der Waals surface area (Å²) in [6.07, 6.45) is 6.36. The van der Waals surface area contributed by atoms with Gasteiger partial charge in [-0.1, -0.05) is 29.8 Å². The number of fused-ring (bicyclic) bond motifs is 1. The number of hydrogen-bond donors (Lipinski definition) is 2. The van der Waals surface area contributed by atoms with Crippen LogP contribution in [-0.2, 0) is 6.42 Å². The van der Waals surface area contributed by atoms with Gasteiger partial charge in [-0.2, -0.15) is 0 Å². The first-order chi connectivity index (χ1) is 13.8. The summed E-state index contributed by atoms with van der Waals surface area (Å²) in [5, 5.41) is 1.78. The van der Waals surface area contributed by atoms with Crippen molar-refractivity contribution < 1.29 is 4.74 Å². The van der Waals surface area contributed by atoms with E-state index in [1.807, 2.05) is 42.5 Å². The van der Waals surface area contributed by atoms with Crippen molar-refractivity contribution in [3.8, 4) is 22.8 Å². The molecular formula is C23H22ClN3O. The van der Waals surface area contributed by atoms with Gasteiger partial charge in [0.05, 0.1) is 10.7 Å². The molecule has 0 bridgehead atoms. The third kappa shape index (κ3) is 3.88. The molecule has 0 aliphatic carbocycles. The lowest BCUT2D eigenvalue weighted by Gasteiger charge is -2.08. The molecule has 2 aromatic heterocycles. The Labute approximate surface area is 169 Å². The van der Waals surface area contributed by atoms with Crippen LogP contribution in [0.15, 0.2) is 67.0 Å². The molecule has 4 rings (SSSR count). The Bertz CT molecular complexity index is 1080. The van der Waals surface area contributed by atoms with Crippen molar-refractivity contribution in [2.24, 2.45) is 5.73 Å². The highest BCUT2D eigenvalue weighted by molar-refractivity contribution is 6.33. The topological polar surface area (TPSA) is 63.9 Å². The maximum absolute atomic E-state index is 6.43. The number of nitrogens with one attached hydrogen (secondary N) is 1. The summed E-state index contributed by atoms with van der Waals surface area (Å²) in [6.45, 7) is 0.691. The number of rotatable bonds is 7. The van der Waals surface area contributed by atoms with E-state index in [0.717, 1.165) is 52.9 Å². The minimum Gasteiger partial charge on any atom is -0.457 e. The summed E-state index contributed by atoms with van der Waals surface area (Å²) >= 11 is 6.43. The molecule has 0 saturated carbocycles. The molecule has 5 heteroatoms. The number of nitrogens with two attached hydrogens (primary N) is 1. The second-order valence-electron chi connectivity index (χ2n) is 6.70. The lowest BCUT2D eigenvalue weighted by atomic mass is 10.0. The van der Waals surface area contributed by atoms with Gasteiger partial charge in [0.1, 0.15) is 11.5 Å². The van der Waals surface area contributed by atoms with Crippen molar-refractivity contribution in [2.45, 2.75) is 19.3 Å². The van der Waals surface area contributed by atoms with Crippen molar-refractivity contribution >= 4 is 22.5 Å². The average molecular weight is 392 g/mol. The van der Waals surface area contributed by atoms with Crippen molar-refractivity contribution in [3.63, 3.8) is 0 Å². The monoisotopic (exact) mass is 391 g/mol. The summed E-state index contributed by atoms with van der Waals surface area (Å²) in [7, 11) is 0. The van der Waals surface area contributed by atoms with E-state index in [4.69, 9.17) is 22.1 Å². The number of benzene rings is 2. The van der Waals surface area contributed by atoms with Crippen LogP contribution < -0.4 is 10.5 Å². The predicted octanol–water partition coefficient (Wildman–Crippen LogP) is 5.96. The number of halogens is 1. The van der Waals surface area contributed by atoms with Gasteiger partial charge in [-0.05, 0) is 67.8 Å². The van der Waals surface area contributed by atoms with E-state index in [-0.39, 0.29) is 0 Å². The maximum atomic E-state index is 6.43. The van der Waals surface area contributed by atoms with Crippen LogP contribution in [0.3, 0.4) is 0 Å².